The first-order valence-corrected chi connectivity index (χ1v) is 19.9. The predicted molar refractivity (Wildman–Crippen MR) is 218 cm³/mol. The van der Waals surface area contributed by atoms with Gasteiger partial charge < -0.3 is 26.0 Å². The van der Waals surface area contributed by atoms with Crippen LogP contribution in [0.2, 0.25) is 0 Å². The Bertz CT molecular complexity index is 2210. The number of primary amides is 1. The van der Waals surface area contributed by atoms with Crippen molar-refractivity contribution in [3.05, 3.63) is 112 Å². The fourth-order valence-electron chi connectivity index (χ4n) is 8.07. The van der Waals surface area contributed by atoms with E-state index >= 15 is 4.39 Å². The second-order valence-corrected chi connectivity index (χ2v) is 15.2. The highest BCUT2D eigenvalue weighted by Crippen LogP contribution is 2.34. The summed E-state index contributed by atoms with van der Waals surface area (Å²) < 4.78 is 23.3. The molecule has 2 saturated heterocycles. The van der Waals surface area contributed by atoms with Crippen molar-refractivity contribution in [1.82, 2.24) is 29.9 Å². The summed E-state index contributed by atoms with van der Waals surface area (Å²) in [5.74, 6) is -1.22. The molecule has 7 rings (SSSR count). The number of carbonyl (C=O) groups excluding carboxylic acids is 2. The van der Waals surface area contributed by atoms with E-state index in [0.717, 1.165) is 89.3 Å². The number of piperazine rings is 1. The van der Waals surface area contributed by atoms with Crippen molar-refractivity contribution in [2.24, 2.45) is 5.73 Å². The third kappa shape index (κ3) is 8.77. The molecule has 0 unspecified atom stereocenters. The Balaban J connectivity index is 1.28. The van der Waals surface area contributed by atoms with Crippen LogP contribution in [0.1, 0.15) is 82.3 Å². The van der Waals surface area contributed by atoms with E-state index in [4.69, 9.17) is 15.5 Å². The van der Waals surface area contributed by atoms with Gasteiger partial charge in [0.15, 0.2) is 5.65 Å². The molecule has 2 aliphatic rings. The molecule has 12 heteroatoms. The summed E-state index contributed by atoms with van der Waals surface area (Å²) in [5.41, 5.74) is 13.7. The summed E-state index contributed by atoms with van der Waals surface area (Å²) in [6.45, 7) is 14.2. The number of benzene rings is 3. The first-order chi connectivity index (χ1) is 27.1. The Morgan fingerprint density at radius 1 is 1.04 bits per heavy atom. The van der Waals surface area contributed by atoms with Gasteiger partial charge in [0.1, 0.15) is 5.82 Å². The molecule has 0 saturated carbocycles. The first-order valence-electron chi connectivity index (χ1n) is 19.9. The smallest absolute Gasteiger partial charge is 0.254 e. The van der Waals surface area contributed by atoms with E-state index in [-0.39, 0.29) is 36.4 Å². The van der Waals surface area contributed by atoms with Crippen molar-refractivity contribution in [2.45, 2.75) is 85.2 Å². The zero-order valence-electron chi connectivity index (χ0n) is 32.9. The van der Waals surface area contributed by atoms with E-state index in [0.29, 0.717) is 43.3 Å². The number of anilines is 1. The van der Waals surface area contributed by atoms with Gasteiger partial charge in [0.25, 0.3) is 5.91 Å². The Morgan fingerprint density at radius 2 is 1.84 bits per heavy atom. The summed E-state index contributed by atoms with van der Waals surface area (Å²) in [6, 6.07) is 18.8. The third-order valence-electron chi connectivity index (χ3n) is 10.9. The fourth-order valence-corrected chi connectivity index (χ4v) is 8.07. The van der Waals surface area contributed by atoms with Crippen molar-refractivity contribution >= 4 is 28.5 Å². The Hall–Kier alpha value is -5.17. The van der Waals surface area contributed by atoms with E-state index in [1.807, 2.05) is 42.9 Å². The van der Waals surface area contributed by atoms with Crippen LogP contribution in [-0.2, 0) is 37.3 Å². The van der Waals surface area contributed by atoms with Gasteiger partial charge in [-0.3, -0.25) is 14.5 Å². The van der Waals surface area contributed by atoms with Crippen LogP contribution in [0.4, 0.5) is 10.1 Å². The molecule has 5 aromatic rings. The average molecular weight is 761 g/mol. The normalized spacial score (nSPS) is 16.6. The van der Waals surface area contributed by atoms with Gasteiger partial charge in [0.2, 0.25) is 5.91 Å². The minimum absolute atomic E-state index is 0.173. The number of aromatic nitrogens is 3. The molecule has 0 radical (unpaired) electrons. The highest BCUT2D eigenvalue weighted by Gasteiger charge is 2.26. The number of halogens is 1. The molecule has 294 valence electrons. The molecule has 11 nitrogen and oxygen atoms in total. The van der Waals surface area contributed by atoms with Gasteiger partial charge in [-0.1, -0.05) is 31.2 Å². The molecule has 0 aliphatic carbocycles. The second kappa shape index (κ2) is 17.3. The number of pyridine rings is 1. The summed E-state index contributed by atoms with van der Waals surface area (Å²) in [5, 5.41) is 12.9. The van der Waals surface area contributed by atoms with Gasteiger partial charge >= 0.3 is 0 Å². The van der Waals surface area contributed by atoms with Gasteiger partial charge in [0.05, 0.1) is 23.8 Å². The van der Waals surface area contributed by atoms with Crippen LogP contribution in [0.15, 0.2) is 66.9 Å². The van der Waals surface area contributed by atoms with E-state index in [1.54, 1.807) is 29.2 Å². The number of amides is 2. The molecule has 2 aromatic heterocycles. The van der Waals surface area contributed by atoms with Crippen LogP contribution in [0, 0.1) is 12.7 Å². The average Bonchev–Trinajstić information content (AvgIpc) is 3.61. The summed E-state index contributed by atoms with van der Waals surface area (Å²) in [7, 11) is 0. The lowest BCUT2D eigenvalue weighted by Gasteiger charge is -2.31. The van der Waals surface area contributed by atoms with E-state index in [9.17, 15) is 9.59 Å². The first kappa shape index (κ1) is 39.1. The molecule has 56 heavy (non-hydrogen) atoms. The molecule has 2 fully saturated rings. The monoisotopic (exact) mass is 760 g/mol. The number of hydrogen-bond acceptors (Lipinski definition) is 8. The minimum Gasteiger partial charge on any atom is -0.381 e. The van der Waals surface area contributed by atoms with Crippen LogP contribution >= 0.6 is 0 Å². The van der Waals surface area contributed by atoms with Crippen LogP contribution in [0.3, 0.4) is 0 Å². The van der Waals surface area contributed by atoms with Crippen LogP contribution in [-0.4, -0.2) is 81.3 Å². The van der Waals surface area contributed by atoms with Gasteiger partial charge in [-0.05, 0) is 98.7 Å². The number of nitrogens with one attached hydrogen (secondary N) is 2. The van der Waals surface area contributed by atoms with E-state index in [1.165, 1.54) is 6.07 Å². The number of nitrogens with two attached hydrogens (primary N) is 1. The number of carbonyl (C=O) groups is 2. The Labute approximate surface area is 328 Å². The van der Waals surface area contributed by atoms with Crippen LogP contribution < -0.4 is 16.4 Å². The molecule has 2 amide bonds. The van der Waals surface area contributed by atoms with Crippen molar-refractivity contribution < 1.29 is 18.7 Å². The SMILES string of the molecule is CCc1nc2c(cnn2CC)c(NC2CCOCC2)c1CN(Cc1ccc(F)c(-c2cccc(CN3CCN[C@@H](C)C3)c2)c1)C(=O)c1cc(C)cc(C(N)=O)c1. The summed E-state index contributed by atoms with van der Waals surface area (Å²) in [4.78, 5) is 36.4. The van der Waals surface area contributed by atoms with E-state index in [2.05, 4.69) is 46.6 Å². The zero-order valence-corrected chi connectivity index (χ0v) is 32.9. The maximum absolute atomic E-state index is 15.7. The van der Waals surface area contributed by atoms with Crippen LogP contribution in [0.25, 0.3) is 22.2 Å². The number of nitrogens with zero attached hydrogens (tertiary/aromatic N) is 5. The van der Waals surface area contributed by atoms with Crippen LogP contribution in [0.5, 0.6) is 0 Å². The molecular formula is C44H53FN8O3. The highest BCUT2D eigenvalue weighted by atomic mass is 19.1. The van der Waals surface area contributed by atoms with Crippen molar-refractivity contribution in [1.29, 1.82) is 0 Å². The second-order valence-electron chi connectivity index (χ2n) is 15.2. The third-order valence-corrected chi connectivity index (χ3v) is 10.9. The maximum atomic E-state index is 15.7. The lowest BCUT2D eigenvalue weighted by molar-refractivity contribution is 0.0729. The van der Waals surface area contributed by atoms with Gasteiger partial charge in [0, 0.05) is 92.5 Å². The van der Waals surface area contributed by atoms with Gasteiger partial charge in [-0.2, -0.15) is 5.10 Å². The fraction of sp³-hybridized carbons (Fsp3) is 0.409. The van der Waals surface area contributed by atoms with Gasteiger partial charge in [-0.25, -0.2) is 14.1 Å². The standard InChI is InChI=1S/C44H53FN8O3/c1-5-40-38(41(49-35-12-16-56-17-13-35)37-23-48-53(6-2)43(37)50-40)27-52(44(55)34-19-28(3)18-33(22-34)42(46)54)26-31-10-11-39(45)36(21-31)32-9-7-8-30(20-32)25-51-15-14-47-29(4)24-51/h7-11,18-23,29,35,47H,5-6,12-17,24-27H2,1-4H3,(H2,46,54)(H,49,50)/t29-/m0/s1. The topological polar surface area (TPSA) is 131 Å². The summed E-state index contributed by atoms with van der Waals surface area (Å²) >= 11 is 0. The van der Waals surface area contributed by atoms with Crippen molar-refractivity contribution in [3.8, 4) is 11.1 Å². The lowest BCUT2D eigenvalue weighted by Crippen LogP contribution is -2.48. The molecule has 1 atom stereocenters. The molecular weight excluding hydrogens is 708 g/mol. The quantitative estimate of drug-likeness (QED) is 0.125. The highest BCUT2D eigenvalue weighted by molar-refractivity contribution is 6.00. The van der Waals surface area contributed by atoms with Crippen molar-refractivity contribution in [2.75, 3.05) is 38.2 Å². The zero-order chi connectivity index (χ0) is 39.3. The lowest BCUT2D eigenvalue weighted by atomic mass is 9.99. The Morgan fingerprint density at radius 3 is 2.59 bits per heavy atom. The molecule has 4 heterocycles. The number of rotatable bonds is 13. The van der Waals surface area contributed by atoms with E-state index < -0.39 is 5.91 Å². The largest absolute Gasteiger partial charge is 0.381 e. The molecule has 2 aliphatic heterocycles. The van der Waals surface area contributed by atoms with Crippen molar-refractivity contribution in [3.63, 3.8) is 0 Å². The molecule has 4 N–H and O–H groups in total. The maximum Gasteiger partial charge on any atom is 0.254 e. The molecule has 0 spiro atoms. The van der Waals surface area contributed by atoms with Gasteiger partial charge in [-0.15, -0.1) is 0 Å². The summed E-state index contributed by atoms with van der Waals surface area (Å²) in [6.07, 6.45) is 4.18. The number of fused-ring (bicyclic) bond motifs is 1. The number of aryl methyl sites for hydroxylation is 3. The molecule has 0 bridgehead atoms. The molecule has 3 aromatic carbocycles. The minimum atomic E-state index is -0.607. The predicted octanol–water partition coefficient (Wildman–Crippen LogP) is 6.45. The number of ether oxygens (including phenoxy) is 1. The number of hydrogen-bond donors (Lipinski definition) is 3. The Kier molecular flexibility index (Phi) is 12.1.